The Kier molecular flexibility index (Phi) is 3.48. The number of carbonyl (C=O) groups is 1. The van der Waals surface area contributed by atoms with Gasteiger partial charge >= 0.3 is 5.97 Å². The molecule has 3 heteroatoms. The highest BCUT2D eigenvalue weighted by molar-refractivity contribution is 6.02. The lowest BCUT2D eigenvalue weighted by Crippen LogP contribution is -2.10. The van der Waals surface area contributed by atoms with Crippen LogP contribution in [0.5, 0.6) is 0 Å². The van der Waals surface area contributed by atoms with Crippen LogP contribution in [-0.2, 0) is 4.74 Å². The highest BCUT2D eigenvalue weighted by Crippen LogP contribution is 2.22. The first kappa shape index (κ1) is 13.4. The van der Waals surface area contributed by atoms with Gasteiger partial charge in [0.15, 0.2) is 0 Å². The molecule has 0 amide bonds. The van der Waals surface area contributed by atoms with Gasteiger partial charge in [0.1, 0.15) is 6.10 Å². The SMILES string of the molecule is Cc1cccc(C(C)OC(=O)c2cccc3cc[nH]c23)c1. The fourth-order valence-corrected chi connectivity index (χ4v) is 2.47. The van der Waals surface area contributed by atoms with Gasteiger partial charge in [0.2, 0.25) is 0 Å². The van der Waals surface area contributed by atoms with E-state index in [9.17, 15) is 4.79 Å². The first-order valence-corrected chi connectivity index (χ1v) is 6.99. The van der Waals surface area contributed by atoms with Gasteiger partial charge in [0, 0.05) is 11.6 Å². The van der Waals surface area contributed by atoms with Gasteiger partial charge in [-0.2, -0.15) is 0 Å². The molecule has 1 heterocycles. The second kappa shape index (κ2) is 5.44. The number of hydrogen-bond donors (Lipinski definition) is 1. The minimum atomic E-state index is -0.308. The van der Waals surface area contributed by atoms with Gasteiger partial charge in [0.05, 0.1) is 11.1 Å². The molecule has 3 rings (SSSR count). The van der Waals surface area contributed by atoms with Gasteiger partial charge in [-0.05, 0) is 31.5 Å². The number of aromatic amines is 1. The summed E-state index contributed by atoms with van der Waals surface area (Å²) in [6.45, 7) is 3.92. The minimum absolute atomic E-state index is 0.275. The first-order valence-electron chi connectivity index (χ1n) is 6.99. The van der Waals surface area contributed by atoms with E-state index in [0.717, 1.165) is 22.0 Å². The fourth-order valence-electron chi connectivity index (χ4n) is 2.47. The van der Waals surface area contributed by atoms with E-state index in [1.165, 1.54) is 0 Å². The van der Waals surface area contributed by atoms with Crippen molar-refractivity contribution in [2.75, 3.05) is 0 Å². The number of esters is 1. The molecule has 0 spiro atoms. The Morgan fingerprint density at radius 1 is 1.14 bits per heavy atom. The van der Waals surface area contributed by atoms with E-state index in [0.29, 0.717) is 5.56 Å². The van der Waals surface area contributed by atoms with Crippen molar-refractivity contribution in [2.45, 2.75) is 20.0 Å². The van der Waals surface area contributed by atoms with E-state index in [1.807, 2.05) is 62.5 Å². The number of H-pyrrole nitrogens is 1. The van der Waals surface area contributed by atoms with Crippen LogP contribution in [0.1, 0.15) is 34.5 Å². The molecule has 0 fully saturated rings. The van der Waals surface area contributed by atoms with Crippen molar-refractivity contribution in [1.29, 1.82) is 0 Å². The Morgan fingerprint density at radius 3 is 2.76 bits per heavy atom. The Labute approximate surface area is 123 Å². The maximum atomic E-state index is 12.4. The molecule has 2 aromatic carbocycles. The van der Waals surface area contributed by atoms with E-state index in [2.05, 4.69) is 4.98 Å². The van der Waals surface area contributed by atoms with E-state index >= 15 is 0 Å². The number of hydrogen-bond acceptors (Lipinski definition) is 2. The standard InChI is InChI=1S/C18H17NO2/c1-12-5-3-7-15(11-12)13(2)21-18(20)16-8-4-6-14-9-10-19-17(14)16/h3-11,13,19H,1-2H3. The maximum absolute atomic E-state index is 12.4. The zero-order valence-electron chi connectivity index (χ0n) is 12.1. The van der Waals surface area contributed by atoms with Crippen LogP contribution in [0.25, 0.3) is 10.9 Å². The maximum Gasteiger partial charge on any atom is 0.340 e. The number of carbonyl (C=O) groups excluding carboxylic acids is 1. The van der Waals surface area contributed by atoms with Crippen molar-refractivity contribution in [3.05, 3.63) is 71.4 Å². The highest BCUT2D eigenvalue weighted by atomic mass is 16.5. The lowest BCUT2D eigenvalue weighted by atomic mass is 10.1. The molecule has 0 aliphatic heterocycles. The van der Waals surface area contributed by atoms with Crippen molar-refractivity contribution in [3.63, 3.8) is 0 Å². The Balaban J connectivity index is 1.85. The average molecular weight is 279 g/mol. The number of para-hydroxylation sites is 1. The van der Waals surface area contributed by atoms with Gasteiger partial charge in [-0.1, -0.05) is 42.0 Å². The van der Waals surface area contributed by atoms with Crippen molar-refractivity contribution in [3.8, 4) is 0 Å². The van der Waals surface area contributed by atoms with Crippen LogP contribution in [0.15, 0.2) is 54.7 Å². The number of aromatic nitrogens is 1. The lowest BCUT2D eigenvalue weighted by Gasteiger charge is -2.14. The van der Waals surface area contributed by atoms with Crippen LogP contribution in [0, 0.1) is 6.92 Å². The molecule has 1 N–H and O–H groups in total. The molecule has 1 aromatic heterocycles. The Morgan fingerprint density at radius 2 is 1.95 bits per heavy atom. The smallest absolute Gasteiger partial charge is 0.340 e. The molecule has 21 heavy (non-hydrogen) atoms. The molecule has 3 aromatic rings. The number of nitrogens with one attached hydrogen (secondary N) is 1. The number of aryl methyl sites for hydroxylation is 1. The Hall–Kier alpha value is -2.55. The molecule has 0 bridgehead atoms. The summed E-state index contributed by atoms with van der Waals surface area (Å²) in [7, 11) is 0. The zero-order valence-corrected chi connectivity index (χ0v) is 12.1. The number of fused-ring (bicyclic) bond motifs is 1. The predicted octanol–water partition coefficient (Wildman–Crippen LogP) is 4.39. The molecule has 0 aliphatic carbocycles. The second-order valence-electron chi connectivity index (χ2n) is 5.21. The summed E-state index contributed by atoms with van der Waals surface area (Å²) in [5.41, 5.74) is 3.54. The van der Waals surface area contributed by atoms with Gasteiger partial charge in [-0.15, -0.1) is 0 Å². The molecule has 1 unspecified atom stereocenters. The van der Waals surface area contributed by atoms with Crippen LogP contribution in [0.2, 0.25) is 0 Å². The van der Waals surface area contributed by atoms with Crippen LogP contribution < -0.4 is 0 Å². The van der Waals surface area contributed by atoms with Crippen LogP contribution in [0.4, 0.5) is 0 Å². The molecular weight excluding hydrogens is 262 g/mol. The molecule has 0 aliphatic rings. The summed E-state index contributed by atoms with van der Waals surface area (Å²) in [6.07, 6.45) is 1.55. The van der Waals surface area contributed by atoms with Gasteiger partial charge < -0.3 is 9.72 Å². The van der Waals surface area contributed by atoms with Gasteiger partial charge in [-0.3, -0.25) is 0 Å². The van der Waals surface area contributed by atoms with Crippen LogP contribution in [0.3, 0.4) is 0 Å². The van der Waals surface area contributed by atoms with E-state index in [4.69, 9.17) is 4.74 Å². The number of rotatable bonds is 3. The van der Waals surface area contributed by atoms with Crippen molar-refractivity contribution < 1.29 is 9.53 Å². The monoisotopic (exact) mass is 279 g/mol. The largest absolute Gasteiger partial charge is 0.454 e. The number of benzene rings is 2. The molecule has 1 atom stereocenters. The molecular formula is C18H17NO2. The second-order valence-corrected chi connectivity index (χ2v) is 5.21. The topological polar surface area (TPSA) is 42.1 Å². The first-order chi connectivity index (χ1) is 10.1. The van der Waals surface area contributed by atoms with Crippen molar-refractivity contribution in [1.82, 2.24) is 4.98 Å². The Bertz CT molecular complexity index is 789. The highest BCUT2D eigenvalue weighted by Gasteiger charge is 2.16. The molecule has 106 valence electrons. The molecule has 3 nitrogen and oxygen atoms in total. The fraction of sp³-hybridized carbons (Fsp3) is 0.167. The molecule has 0 saturated carbocycles. The zero-order chi connectivity index (χ0) is 14.8. The van der Waals surface area contributed by atoms with E-state index < -0.39 is 0 Å². The summed E-state index contributed by atoms with van der Waals surface area (Å²) in [6, 6.07) is 15.6. The van der Waals surface area contributed by atoms with Gasteiger partial charge in [0.25, 0.3) is 0 Å². The molecule has 0 saturated heterocycles. The van der Waals surface area contributed by atoms with E-state index in [1.54, 1.807) is 6.07 Å². The normalized spacial score (nSPS) is 12.3. The third-order valence-corrected chi connectivity index (χ3v) is 3.60. The van der Waals surface area contributed by atoms with Crippen LogP contribution in [-0.4, -0.2) is 11.0 Å². The summed E-state index contributed by atoms with van der Waals surface area (Å²) in [4.78, 5) is 15.5. The summed E-state index contributed by atoms with van der Waals surface area (Å²) >= 11 is 0. The number of ether oxygens (including phenoxy) is 1. The van der Waals surface area contributed by atoms with Gasteiger partial charge in [-0.25, -0.2) is 4.79 Å². The minimum Gasteiger partial charge on any atom is -0.454 e. The quantitative estimate of drug-likeness (QED) is 0.722. The summed E-state index contributed by atoms with van der Waals surface area (Å²) < 4.78 is 5.60. The third kappa shape index (κ3) is 2.68. The van der Waals surface area contributed by atoms with Crippen molar-refractivity contribution in [2.24, 2.45) is 0 Å². The molecule has 0 radical (unpaired) electrons. The third-order valence-electron chi connectivity index (χ3n) is 3.60. The van der Waals surface area contributed by atoms with Crippen LogP contribution >= 0.6 is 0 Å². The lowest BCUT2D eigenvalue weighted by molar-refractivity contribution is 0.0340. The predicted molar refractivity (Wildman–Crippen MR) is 83.3 cm³/mol. The van der Waals surface area contributed by atoms with Crippen molar-refractivity contribution >= 4 is 16.9 Å². The van der Waals surface area contributed by atoms with E-state index in [-0.39, 0.29) is 12.1 Å². The summed E-state index contributed by atoms with van der Waals surface area (Å²) in [5.74, 6) is -0.308. The summed E-state index contributed by atoms with van der Waals surface area (Å²) in [5, 5.41) is 1.01. The average Bonchev–Trinajstić information content (AvgIpc) is 2.95.